The molecule has 1 aliphatic carbocycles. The fraction of sp³-hybridized carbons (Fsp3) is 0.571. The smallest absolute Gasteiger partial charge is 0.266 e. The molecule has 206 valence electrons. The number of nitrogens with two attached hydrogens (primary N) is 1. The van der Waals surface area contributed by atoms with E-state index < -0.39 is 35.4 Å². The van der Waals surface area contributed by atoms with E-state index in [-0.39, 0.29) is 40.6 Å². The number of anilines is 1. The van der Waals surface area contributed by atoms with Gasteiger partial charge in [-0.1, -0.05) is 18.2 Å². The van der Waals surface area contributed by atoms with Gasteiger partial charge in [0, 0.05) is 49.6 Å². The molecule has 4 atom stereocenters. The third-order valence-electron chi connectivity index (χ3n) is 8.48. The molecule has 10 heteroatoms. The molecule has 5 rings (SSSR count). The number of pyridine rings is 1. The maximum absolute atomic E-state index is 15.3. The van der Waals surface area contributed by atoms with Crippen LogP contribution in [0.3, 0.4) is 0 Å². The van der Waals surface area contributed by atoms with E-state index in [1.165, 1.54) is 24.4 Å². The molecule has 38 heavy (non-hydrogen) atoms. The van der Waals surface area contributed by atoms with Gasteiger partial charge in [-0.15, -0.1) is 0 Å². The lowest BCUT2D eigenvalue weighted by Crippen LogP contribution is -2.41. The zero-order valence-electron chi connectivity index (χ0n) is 22.2. The van der Waals surface area contributed by atoms with Crippen molar-refractivity contribution >= 4 is 11.6 Å². The SMILES string of the molecule is C[C@H](c1cccc(C(F)F)c1F)N(c1cc(=O)n([C@@H]2CCOC(C)(C)C2)cc1C(N)=O)C1C2CN(C)CC21. The number of ether oxygens (including phenoxy) is 1. The van der Waals surface area contributed by atoms with Gasteiger partial charge in [0.15, 0.2) is 0 Å². The van der Waals surface area contributed by atoms with Gasteiger partial charge in [-0.2, -0.15) is 0 Å². The molecule has 2 aliphatic heterocycles. The first-order valence-corrected chi connectivity index (χ1v) is 13.1. The number of hydrogen-bond acceptors (Lipinski definition) is 5. The topological polar surface area (TPSA) is 80.8 Å². The van der Waals surface area contributed by atoms with E-state index in [0.717, 1.165) is 19.2 Å². The lowest BCUT2D eigenvalue weighted by molar-refractivity contribution is -0.0695. The van der Waals surface area contributed by atoms with Crippen LogP contribution in [0.25, 0.3) is 0 Å². The number of primary amides is 1. The zero-order chi connectivity index (χ0) is 27.5. The highest BCUT2D eigenvalue weighted by Crippen LogP contribution is 2.53. The van der Waals surface area contributed by atoms with Crippen molar-refractivity contribution in [2.24, 2.45) is 17.6 Å². The number of carbonyl (C=O) groups excluding carboxylic acids is 1. The number of piperidine rings is 1. The number of amides is 1. The maximum atomic E-state index is 15.3. The average Bonchev–Trinajstić information content (AvgIpc) is 3.31. The third-order valence-corrected chi connectivity index (χ3v) is 8.48. The Kier molecular flexibility index (Phi) is 6.84. The number of rotatable bonds is 7. The first-order valence-electron chi connectivity index (χ1n) is 13.1. The minimum atomic E-state index is -2.96. The van der Waals surface area contributed by atoms with Gasteiger partial charge in [-0.3, -0.25) is 9.59 Å². The highest BCUT2D eigenvalue weighted by atomic mass is 19.3. The van der Waals surface area contributed by atoms with Crippen LogP contribution in [0, 0.1) is 17.7 Å². The summed E-state index contributed by atoms with van der Waals surface area (Å²) in [6.07, 6.45) is -0.235. The Balaban J connectivity index is 1.61. The highest BCUT2D eigenvalue weighted by molar-refractivity contribution is 5.98. The number of fused-ring (bicyclic) bond motifs is 1. The first kappa shape index (κ1) is 26.7. The summed E-state index contributed by atoms with van der Waals surface area (Å²) in [6, 6.07) is 4.42. The quantitative estimate of drug-likeness (QED) is 0.576. The summed E-state index contributed by atoms with van der Waals surface area (Å²) in [6.45, 7) is 7.77. The Labute approximate surface area is 220 Å². The number of carbonyl (C=O) groups is 1. The minimum Gasteiger partial charge on any atom is -0.375 e. The van der Waals surface area contributed by atoms with E-state index in [1.807, 2.05) is 25.8 Å². The van der Waals surface area contributed by atoms with Gasteiger partial charge in [0.05, 0.1) is 28.5 Å². The monoisotopic (exact) mass is 532 g/mol. The normalized spacial score (nSPS) is 27.3. The number of aromatic nitrogens is 1. The number of hydrogen-bond donors (Lipinski definition) is 1. The van der Waals surface area contributed by atoms with Gasteiger partial charge in [0.1, 0.15) is 5.82 Å². The second-order valence-corrected chi connectivity index (χ2v) is 11.6. The predicted octanol–water partition coefficient (Wildman–Crippen LogP) is 4.28. The molecule has 0 spiro atoms. The van der Waals surface area contributed by atoms with Crippen molar-refractivity contribution in [1.29, 1.82) is 0 Å². The molecule has 2 N–H and O–H groups in total. The Hall–Kier alpha value is -2.85. The number of alkyl halides is 2. The summed E-state index contributed by atoms with van der Waals surface area (Å²) in [4.78, 5) is 30.4. The Morgan fingerprint density at radius 2 is 1.87 bits per heavy atom. The summed E-state index contributed by atoms with van der Waals surface area (Å²) in [5.41, 5.74) is 5.04. The van der Waals surface area contributed by atoms with E-state index in [9.17, 15) is 18.4 Å². The second-order valence-electron chi connectivity index (χ2n) is 11.6. The van der Waals surface area contributed by atoms with Crippen molar-refractivity contribution in [2.45, 2.75) is 63.8 Å². The van der Waals surface area contributed by atoms with Gasteiger partial charge in [0.25, 0.3) is 17.9 Å². The molecule has 1 aromatic carbocycles. The van der Waals surface area contributed by atoms with Crippen LogP contribution in [0.4, 0.5) is 18.9 Å². The molecule has 0 bridgehead atoms. The molecule has 1 aromatic heterocycles. The van der Waals surface area contributed by atoms with Crippen LogP contribution in [0.2, 0.25) is 0 Å². The molecule has 1 amide bonds. The number of likely N-dealkylation sites (tertiary alicyclic amines) is 1. The summed E-state index contributed by atoms with van der Waals surface area (Å²) >= 11 is 0. The molecule has 3 heterocycles. The number of benzene rings is 1. The molecular weight excluding hydrogens is 497 g/mol. The van der Waals surface area contributed by atoms with Crippen LogP contribution in [-0.4, -0.2) is 53.8 Å². The minimum absolute atomic E-state index is 0.0776. The van der Waals surface area contributed by atoms with Crippen molar-refractivity contribution in [1.82, 2.24) is 9.47 Å². The first-order chi connectivity index (χ1) is 17.9. The Bertz CT molecular complexity index is 1280. The van der Waals surface area contributed by atoms with Crippen molar-refractivity contribution in [3.8, 4) is 0 Å². The number of nitrogens with zero attached hydrogens (tertiary/aromatic N) is 3. The van der Waals surface area contributed by atoms with E-state index in [0.29, 0.717) is 25.1 Å². The molecule has 0 radical (unpaired) electrons. The van der Waals surface area contributed by atoms with Crippen LogP contribution < -0.4 is 16.2 Å². The molecule has 3 fully saturated rings. The number of halogens is 3. The molecular formula is C28H35F3N4O3. The van der Waals surface area contributed by atoms with Gasteiger partial charge in [0.2, 0.25) is 0 Å². The largest absolute Gasteiger partial charge is 0.375 e. The molecule has 7 nitrogen and oxygen atoms in total. The van der Waals surface area contributed by atoms with Gasteiger partial charge in [-0.25, -0.2) is 13.2 Å². The maximum Gasteiger partial charge on any atom is 0.266 e. The van der Waals surface area contributed by atoms with Gasteiger partial charge >= 0.3 is 0 Å². The Morgan fingerprint density at radius 1 is 1.21 bits per heavy atom. The van der Waals surface area contributed by atoms with E-state index >= 15 is 4.39 Å². The van der Waals surface area contributed by atoms with Crippen LogP contribution in [0.5, 0.6) is 0 Å². The molecule has 2 saturated heterocycles. The summed E-state index contributed by atoms with van der Waals surface area (Å²) in [7, 11) is 2.02. The van der Waals surface area contributed by atoms with E-state index in [4.69, 9.17) is 10.5 Å². The van der Waals surface area contributed by atoms with Gasteiger partial charge in [-0.05, 0) is 52.5 Å². The van der Waals surface area contributed by atoms with Crippen molar-refractivity contribution in [2.75, 3.05) is 31.6 Å². The van der Waals surface area contributed by atoms with Crippen LogP contribution >= 0.6 is 0 Å². The summed E-state index contributed by atoms with van der Waals surface area (Å²) < 4.78 is 49.7. The Morgan fingerprint density at radius 3 is 2.47 bits per heavy atom. The van der Waals surface area contributed by atoms with E-state index in [2.05, 4.69) is 4.90 Å². The van der Waals surface area contributed by atoms with Crippen molar-refractivity contribution < 1.29 is 22.7 Å². The fourth-order valence-corrected chi connectivity index (χ4v) is 6.62. The molecule has 2 unspecified atom stereocenters. The van der Waals surface area contributed by atoms with Crippen molar-refractivity contribution in [3.63, 3.8) is 0 Å². The third kappa shape index (κ3) is 4.73. The highest BCUT2D eigenvalue weighted by Gasteiger charge is 2.59. The van der Waals surface area contributed by atoms with Crippen molar-refractivity contribution in [3.05, 3.63) is 63.3 Å². The lowest BCUT2D eigenvalue weighted by Gasteiger charge is -2.38. The lowest BCUT2D eigenvalue weighted by atomic mass is 9.93. The summed E-state index contributed by atoms with van der Waals surface area (Å²) in [5.74, 6) is -1.17. The molecule has 2 aromatic rings. The molecule has 1 saturated carbocycles. The standard InChI is InChI=1S/C28H35F3N4O3/c1-15(17-6-5-7-18(24(17)29)26(30)31)35(25-19-12-33(4)13-20(19)25)22-10-23(36)34(14-21(22)27(32)37)16-8-9-38-28(2,3)11-16/h5-7,10,14-16,19-20,25-26H,8-9,11-13H2,1-4H3,(H2,32,37)/t15-,16-,19?,20?,25?/m1/s1. The second kappa shape index (κ2) is 9.72. The van der Waals surface area contributed by atoms with Crippen LogP contribution in [0.1, 0.15) is 73.6 Å². The van der Waals surface area contributed by atoms with Crippen LogP contribution in [0.15, 0.2) is 35.3 Å². The van der Waals surface area contributed by atoms with Crippen LogP contribution in [-0.2, 0) is 4.74 Å². The summed E-state index contributed by atoms with van der Waals surface area (Å²) in [5, 5.41) is 0. The zero-order valence-corrected chi connectivity index (χ0v) is 22.2. The van der Waals surface area contributed by atoms with E-state index in [1.54, 1.807) is 11.5 Å². The fourth-order valence-electron chi connectivity index (χ4n) is 6.62. The predicted molar refractivity (Wildman–Crippen MR) is 138 cm³/mol. The molecule has 3 aliphatic rings. The van der Waals surface area contributed by atoms with Gasteiger partial charge < -0.3 is 24.8 Å². The average molecular weight is 533 g/mol.